The lowest BCUT2D eigenvalue weighted by Gasteiger charge is -2.35. The Morgan fingerprint density at radius 1 is 1.08 bits per heavy atom. The summed E-state index contributed by atoms with van der Waals surface area (Å²) in [5.41, 5.74) is 2.85. The van der Waals surface area contributed by atoms with E-state index in [0.29, 0.717) is 6.42 Å². The highest BCUT2D eigenvalue weighted by Crippen LogP contribution is 2.41. The molecule has 7 nitrogen and oxygen atoms in total. The first-order valence-corrected chi connectivity index (χ1v) is 12.6. The Morgan fingerprint density at radius 3 is 2.50 bits per heavy atom. The Morgan fingerprint density at radius 2 is 1.81 bits per heavy atom. The van der Waals surface area contributed by atoms with E-state index in [0.717, 1.165) is 42.2 Å². The van der Waals surface area contributed by atoms with E-state index in [-0.39, 0.29) is 19.1 Å². The third kappa shape index (κ3) is 5.31. The van der Waals surface area contributed by atoms with Crippen LogP contribution in [0.2, 0.25) is 0 Å². The van der Waals surface area contributed by atoms with Gasteiger partial charge in [0.25, 0.3) is 0 Å². The zero-order chi connectivity index (χ0) is 25.9. The van der Waals surface area contributed by atoms with Crippen LogP contribution >= 0.6 is 0 Å². The molecule has 1 saturated heterocycles. The molecule has 0 radical (unpaired) electrons. The lowest BCUT2D eigenvalue weighted by molar-refractivity contribution is -0.139. The standard InChI is InChI=1S/C29H36N2O5/c1-28(2,3)25-26(33)31-19-29(35-4,17-24(31)18-32)23-13-8-12-22(16-23)21-11-7-10-20(15-21)9-5-6-14-36-27(34)30-25/h7-8,10-13,15-16,18,24-25H,5-6,9,14,17,19H2,1-4H3,(H,30,34)/t24-,25+,29-/m0/s1. The van der Waals surface area contributed by atoms with Crippen LogP contribution in [0.5, 0.6) is 0 Å². The molecular weight excluding hydrogens is 456 g/mol. The number of hydrogen-bond donors (Lipinski definition) is 1. The lowest BCUT2D eigenvalue weighted by Crippen LogP contribution is -2.56. The number of alkyl carbamates (subject to hydrolysis) is 1. The number of benzene rings is 2. The van der Waals surface area contributed by atoms with Gasteiger partial charge in [0.2, 0.25) is 5.91 Å². The van der Waals surface area contributed by atoms with Gasteiger partial charge in [0.15, 0.2) is 0 Å². The monoisotopic (exact) mass is 492 g/mol. The topological polar surface area (TPSA) is 84.9 Å². The van der Waals surface area contributed by atoms with Crippen LogP contribution < -0.4 is 5.32 Å². The van der Waals surface area contributed by atoms with E-state index in [1.54, 1.807) is 12.0 Å². The Hall–Kier alpha value is -3.19. The summed E-state index contributed by atoms with van der Waals surface area (Å²) in [4.78, 5) is 40.1. The van der Waals surface area contributed by atoms with Crippen molar-refractivity contribution in [2.24, 2.45) is 5.41 Å². The summed E-state index contributed by atoms with van der Waals surface area (Å²) < 4.78 is 11.5. The predicted molar refractivity (Wildman–Crippen MR) is 137 cm³/mol. The molecule has 0 unspecified atom stereocenters. The molecule has 0 spiro atoms. The fraction of sp³-hybridized carbons (Fsp3) is 0.483. The van der Waals surface area contributed by atoms with Gasteiger partial charge in [-0.25, -0.2) is 4.79 Å². The average molecular weight is 493 g/mol. The van der Waals surface area contributed by atoms with E-state index in [2.05, 4.69) is 41.7 Å². The number of aldehydes is 1. The second-order valence-electron chi connectivity index (χ2n) is 10.9. The van der Waals surface area contributed by atoms with Crippen LogP contribution in [0.3, 0.4) is 0 Å². The molecule has 2 amide bonds. The minimum absolute atomic E-state index is 0.207. The smallest absolute Gasteiger partial charge is 0.407 e. The summed E-state index contributed by atoms with van der Waals surface area (Å²) >= 11 is 0. The van der Waals surface area contributed by atoms with Gasteiger partial charge in [-0.1, -0.05) is 63.2 Å². The molecule has 4 rings (SSSR count). The number of amides is 2. The molecule has 192 valence electrons. The number of fused-ring (bicyclic) bond motifs is 8. The maximum atomic E-state index is 13.8. The van der Waals surface area contributed by atoms with E-state index < -0.39 is 29.2 Å². The van der Waals surface area contributed by atoms with E-state index in [9.17, 15) is 14.4 Å². The first-order chi connectivity index (χ1) is 17.2. The summed E-state index contributed by atoms with van der Waals surface area (Å²) in [6.45, 7) is 6.13. The molecule has 36 heavy (non-hydrogen) atoms. The number of ether oxygens (including phenoxy) is 2. The van der Waals surface area contributed by atoms with Crippen molar-refractivity contribution in [2.45, 2.75) is 64.1 Å². The van der Waals surface area contributed by atoms with Crippen LogP contribution in [-0.4, -0.2) is 55.5 Å². The molecule has 7 heteroatoms. The van der Waals surface area contributed by atoms with Crippen LogP contribution in [0.1, 0.15) is 51.2 Å². The van der Waals surface area contributed by atoms with Gasteiger partial charge in [0.1, 0.15) is 17.9 Å². The number of methoxy groups -OCH3 is 1. The summed E-state index contributed by atoms with van der Waals surface area (Å²) in [7, 11) is 1.62. The molecule has 2 aliphatic heterocycles. The zero-order valence-electron chi connectivity index (χ0n) is 21.6. The molecule has 2 aliphatic rings. The van der Waals surface area contributed by atoms with E-state index in [4.69, 9.17) is 9.47 Å². The predicted octanol–water partition coefficient (Wildman–Crippen LogP) is 4.47. The van der Waals surface area contributed by atoms with Crippen molar-refractivity contribution < 1.29 is 23.9 Å². The average Bonchev–Trinajstić information content (AvgIpc) is 3.26. The number of hydrogen-bond acceptors (Lipinski definition) is 5. The first kappa shape index (κ1) is 25.9. The van der Waals surface area contributed by atoms with Crippen molar-refractivity contribution in [2.75, 3.05) is 20.3 Å². The molecule has 2 aromatic carbocycles. The number of nitrogens with zero attached hydrogens (tertiary/aromatic N) is 1. The third-order valence-corrected chi connectivity index (χ3v) is 7.31. The fourth-order valence-electron chi connectivity index (χ4n) is 5.20. The van der Waals surface area contributed by atoms with Crippen molar-refractivity contribution in [1.82, 2.24) is 10.2 Å². The Balaban J connectivity index is 1.78. The Labute approximate surface area is 213 Å². The summed E-state index contributed by atoms with van der Waals surface area (Å²) in [5.74, 6) is -0.319. The number of carbonyl (C=O) groups is 3. The second-order valence-corrected chi connectivity index (χ2v) is 10.9. The van der Waals surface area contributed by atoms with Gasteiger partial charge in [0.05, 0.1) is 19.2 Å². The summed E-state index contributed by atoms with van der Waals surface area (Å²) in [6.07, 6.45) is 2.98. The molecule has 6 bridgehead atoms. The maximum Gasteiger partial charge on any atom is 0.407 e. The summed E-state index contributed by atoms with van der Waals surface area (Å²) in [5, 5.41) is 2.77. The SMILES string of the molecule is CO[C@@]12C[C@@H](C=O)N(C1)C(=O)[C@H](C(C)(C)C)NC(=O)OCCCCc1cccc(c1)-c1cccc2c1. The minimum atomic E-state index is -0.856. The van der Waals surface area contributed by atoms with Crippen molar-refractivity contribution in [3.63, 3.8) is 0 Å². The highest BCUT2D eigenvalue weighted by Gasteiger charge is 2.50. The highest BCUT2D eigenvalue weighted by atomic mass is 16.5. The van der Waals surface area contributed by atoms with Gasteiger partial charge in [0, 0.05) is 13.5 Å². The number of nitrogens with one attached hydrogen (secondary N) is 1. The summed E-state index contributed by atoms with van der Waals surface area (Å²) in [6, 6.07) is 15.0. The molecule has 3 atom stereocenters. The number of aryl methyl sites for hydroxylation is 1. The number of carbonyl (C=O) groups excluding carboxylic acids is 3. The first-order valence-electron chi connectivity index (χ1n) is 12.6. The molecule has 2 aromatic rings. The van der Waals surface area contributed by atoms with Gasteiger partial charge >= 0.3 is 6.09 Å². The van der Waals surface area contributed by atoms with Crippen LogP contribution in [0, 0.1) is 5.41 Å². The van der Waals surface area contributed by atoms with Gasteiger partial charge in [-0.2, -0.15) is 0 Å². The van der Waals surface area contributed by atoms with Gasteiger partial charge in [-0.3, -0.25) is 4.79 Å². The molecule has 1 fully saturated rings. The number of rotatable bonds is 2. The lowest BCUT2D eigenvalue weighted by atomic mass is 9.85. The molecule has 2 heterocycles. The number of cyclic esters (lactones) is 1. The molecular formula is C29H36N2O5. The van der Waals surface area contributed by atoms with E-state index >= 15 is 0 Å². The molecule has 0 aliphatic carbocycles. The van der Waals surface area contributed by atoms with Crippen molar-refractivity contribution in [3.8, 4) is 11.1 Å². The molecule has 1 N–H and O–H groups in total. The Bertz CT molecular complexity index is 1120. The largest absolute Gasteiger partial charge is 0.450 e. The van der Waals surface area contributed by atoms with Crippen molar-refractivity contribution >= 4 is 18.3 Å². The van der Waals surface area contributed by atoms with Crippen LogP contribution in [0.25, 0.3) is 11.1 Å². The van der Waals surface area contributed by atoms with Crippen molar-refractivity contribution in [1.29, 1.82) is 0 Å². The van der Waals surface area contributed by atoms with Crippen LogP contribution in [-0.2, 0) is 31.1 Å². The van der Waals surface area contributed by atoms with Gasteiger partial charge < -0.3 is 24.5 Å². The Kier molecular flexibility index (Phi) is 7.50. The zero-order valence-corrected chi connectivity index (χ0v) is 21.6. The normalized spacial score (nSPS) is 25.4. The van der Waals surface area contributed by atoms with Crippen LogP contribution in [0.15, 0.2) is 48.5 Å². The minimum Gasteiger partial charge on any atom is -0.450 e. The quantitative estimate of drug-likeness (QED) is 0.625. The van der Waals surface area contributed by atoms with E-state index in [1.807, 2.05) is 32.9 Å². The fourth-order valence-corrected chi connectivity index (χ4v) is 5.20. The third-order valence-electron chi connectivity index (χ3n) is 7.31. The highest BCUT2D eigenvalue weighted by molar-refractivity contribution is 5.89. The van der Waals surface area contributed by atoms with Gasteiger partial charge in [-0.15, -0.1) is 0 Å². The molecule has 0 aromatic heterocycles. The van der Waals surface area contributed by atoms with E-state index in [1.165, 1.54) is 5.56 Å². The molecule has 0 saturated carbocycles. The van der Waals surface area contributed by atoms with Crippen LogP contribution in [0.4, 0.5) is 4.79 Å². The second kappa shape index (κ2) is 10.4. The van der Waals surface area contributed by atoms with Gasteiger partial charge in [-0.05, 0) is 53.0 Å². The van der Waals surface area contributed by atoms with Crippen molar-refractivity contribution in [3.05, 3.63) is 59.7 Å². The maximum absolute atomic E-state index is 13.8.